The van der Waals surface area contributed by atoms with Gasteiger partial charge in [0, 0.05) is 37.9 Å². The highest BCUT2D eigenvalue weighted by molar-refractivity contribution is 8.03. The van der Waals surface area contributed by atoms with E-state index in [-0.39, 0.29) is 11.3 Å². The Morgan fingerprint density at radius 2 is 2.40 bits per heavy atom. The molecule has 2 aliphatic rings. The van der Waals surface area contributed by atoms with Crippen molar-refractivity contribution in [2.75, 3.05) is 20.6 Å². The monoisotopic (exact) mass is 292 g/mol. The number of carbonyl (C=O) groups is 1. The molecule has 0 aromatic rings. The number of thioether (sulfide) groups is 1. The summed E-state index contributed by atoms with van der Waals surface area (Å²) in [4.78, 5) is 14.2. The Kier molecular flexibility index (Phi) is 4.79. The van der Waals surface area contributed by atoms with Crippen LogP contribution in [0.1, 0.15) is 6.92 Å². The van der Waals surface area contributed by atoms with E-state index in [0.29, 0.717) is 5.70 Å². The molecule has 0 spiro atoms. The average Bonchev–Trinajstić information content (AvgIpc) is 2.82. The fourth-order valence-corrected chi connectivity index (χ4v) is 3.25. The van der Waals surface area contributed by atoms with Crippen molar-refractivity contribution in [3.8, 4) is 0 Å². The summed E-state index contributed by atoms with van der Waals surface area (Å²) >= 11 is 1.65. The summed E-state index contributed by atoms with van der Waals surface area (Å²) in [6, 6.07) is 0. The molecule has 108 valence electrons. The molecule has 6 heteroatoms. The third-order valence-corrected chi connectivity index (χ3v) is 4.28. The second-order valence-electron chi connectivity index (χ2n) is 4.62. The molecular weight excluding hydrogens is 272 g/mol. The fourth-order valence-electron chi connectivity index (χ4n) is 2.09. The molecule has 1 atom stereocenters. The highest BCUT2D eigenvalue weighted by atomic mass is 32.2. The predicted octanol–water partition coefficient (Wildman–Crippen LogP) is 1.07. The van der Waals surface area contributed by atoms with E-state index in [2.05, 4.69) is 28.1 Å². The Balaban J connectivity index is 2.01. The maximum Gasteiger partial charge on any atom is 0.272 e. The molecule has 1 unspecified atom stereocenters. The van der Waals surface area contributed by atoms with Crippen molar-refractivity contribution in [3.05, 3.63) is 46.9 Å². The van der Waals surface area contributed by atoms with Gasteiger partial charge in [0.05, 0.1) is 0 Å². The number of allylic oxidation sites excluding steroid dienone is 1. The zero-order chi connectivity index (χ0) is 14.5. The molecule has 0 saturated heterocycles. The topological polar surface area (TPSA) is 56.4 Å². The van der Waals surface area contributed by atoms with Crippen LogP contribution in [0, 0.1) is 0 Å². The van der Waals surface area contributed by atoms with Crippen LogP contribution in [0.5, 0.6) is 0 Å². The number of carbonyl (C=O) groups excluding carboxylic acids is 1. The Bertz CT molecular complexity index is 507. The van der Waals surface area contributed by atoms with Gasteiger partial charge in [-0.2, -0.15) is 0 Å². The van der Waals surface area contributed by atoms with Gasteiger partial charge in [0.1, 0.15) is 11.1 Å². The molecule has 2 heterocycles. The lowest BCUT2D eigenvalue weighted by molar-refractivity contribution is -0.118. The number of amides is 1. The SMILES string of the molecule is CN/C=C(\C)NC(=O)C1=CSC(C2=CCNC=C2)N1C. The fraction of sp³-hybridized carbons (Fsp3) is 0.357. The maximum absolute atomic E-state index is 12.2. The van der Waals surface area contributed by atoms with E-state index in [4.69, 9.17) is 0 Å². The van der Waals surface area contributed by atoms with Crippen LogP contribution in [0.2, 0.25) is 0 Å². The van der Waals surface area contributed by atoms with Gasteiger partial charge in [0.25, 0.3) is 5.91 Å². The van der Waals surface area contributed by atoms with Gasteiger partial charge >= 0.3 is 0 Å². The zero-order valence-electron chi connectivity index (χ0n) is 11.9. The lowest BCUT2D eigenvalue weighted by Gasteiger charge is -2.26. The summed E-state index contributed by atoms with van der Waals surface area (Å²) in [7, 11) is 3.75. The summed E-state index contributed by atoms with van der Waals surface area (Å²) in [6.07, 6.45) is 7.91. The second-order valence-corrected chi connectivity index (χ2v) is 5.57. The Hall–Kier alpha value is -1.82. The number of hydrogen-bond donors (Lipinski definition) is 3. The standard InChI is InChI=1S/C14H20N4OS/c1-10(8-15-2)17-13(19)12-9-20-14(18(12)3)11-4-6-16-7-5-11/h4-6,8-9,14-16H,7H2,1-3H3,(H,17,19)/b10-8+. The van der Waals surface area contributed by atoms with E-state index < -0.39 is 0 Å². The molecule has 0 fully saturated rings. The third kappa shape index (κ3) is 3.19. The smallest absolute Gasteiger partial charge is 0.272 e. The van der Waals surface area contributed by atoms with E-state index in [1.165, 1.54) is 5.57 Å². The molecule has 0 aromatic heterocycles. The highest BCUT2D eigenvalue weighted by Crippen LogP contribution is 2.34. The molecule has 1 amide bonds. The van der Waals surface area contributed by atoms with E-state index in [1.54, 1.807) is 25.0 Å². The number of likely N-dealkylation sites (N-methyl/N-ethyl adjacent to an activating group) is 1. The van der Waals surface area contributed by atoms with Crippen molar-refractivity contribution in [1.29, 1.82) is 0 Å². The van der Waals surface area contributed by atoms with Gasteiger partial charge in [0.15, 0.2) is 0 Å². The average molecular weight is 292 g/mol. The van der Waals surface area contributed by atoms with Gasteiger partial charge < -0.3 is 20.9 Å². The predicted molar refractivity (Wildman–Crippen MR) is 83.4 cm³/mol. The normalized spacial score (nSPS) is 22.1. The van der Waals surface area contributed by atoms with Crippen LogP contribution in [0.4, 0.5) is 0 Å². The van der Waals surface area contributed by atoms with Crippen LogP contribution in [0.3, 0.4) is 0 Å². The number of rotatable bonds is 4. The molecule has 2 aliphatic heterocycles. The summed E-state index contributed by atoms with van der Waals surface area (Å²) < 4.78 is 0. The summed E-state index contributed by atoms with van der Waals surface area (Å²) in [6.45, 7) is 2.69. The lowest BCUT2D eigenvalue weighted by atomic mass is 10.2. The van der Waals surface area contributed by atoms with Gasteiger partial charge in [-0.15, -0.1) is 11.8 Å². The van der Waals surface area contributed by atoms with Crippen molar-refractivity contribution in [1.82, 2.24) is 20.9 Å². The largest absolute Gasteiger partial charge is 0.393 e. The van der Waals surface area contributed by atoms with Gasteiger partial charge in [-0.3, -0.25) is 4.79 Å². The van der Waals surface area contributed by atoms with Crippen LogP contribution < -0.4 is 16.0 Å². The molecule has 0 aromatic carbocycles. The first kappa shape index (κ1) is 14.6. The maximum atomic E-state index is 12.2. The van der Waals surface area contributed by atoms with Crippen LogP contribution >= 0.6 is 11.8 Å². The summed E-state index contributed by atoms with van der Waals surface area (Å²) in [5.74, 6) is -0.0787. The summed E-state index contributed by atoms with van der Waals surface area (Å²) in [5.41, 5.74) is 2.70. The third-order valence-electron chi connectivity index (χ3n) is 3.08. The first-order valence-electron chi connectivity index (χ1n) is 6.47. The lowest BCUT2D eigenvalue weighted by Crippen LogP contribution is -2.35. The number of dihydropyridines is 1. The Morgan fingerprint density at radius 1 is 1.60 bits per heavy atom. The second kappa shape index (κ2) is 6.56. The quantitative estimate of drug-likeness (QED) is 0.724. The number of nitrogens with one attached hydrogen (secondary N) is 3. The van der Waals surface area contributed by atoms with Crippen LogP contribution in [0.25, 0.3) is 0 Å². The minimum absolute atomic E-state index is 0.0787. The van der Waals surface area contributed by atoms with Crippen molar-refractivity contribution in [2.45, 2.75) is 12.3 Å². The van der Waals surface area contributed by atoms with Crippen LogP contribution in [0.15, 0.2) is 46.9 Å². The molecule has 3 N–H and O–H groups in total. The Morgan fingerprint density at radius 3 is 3.05 bits per heavy atom. The van der Waals surface area contributed by atoms with Crippen LogP contribution in [-0.2, 0) is 4.79 Å². The molecule has 20 heavy (non-hydrogen) atoms. The van der Waals surface area contributed by atoms with E-state index in [1.807, 2.05) is 30.5 Å². The van der Waals surface area contributed by atoms with Gasteiger partial charge in [0.2, 0.25) is 0 Å². The molecular formula is C14H20N4OS. The van der Waals surface area contributed by atoms with Gasteiger partial charge in [-0.05, 0) is 24.8 Å². The molecule has 2 rings (SSSR count). The van der Waals surface area contributed by atoms with Crippen molar-refractivity contribution < 1.29 is 4.79 Å². The summed E-state index contributed by atoms with van der Waals surface area (Å²) in [5, 5.41) is 11.0. The van der Waals surface area contributed by atoms with E-state index in [9.17, 15) is 4.79 Å². The molecule has 0 radical (unpaired) electrons. The van der Waals surface area contributed by atoms with E-state index >= 15 is 0 Å². The first-order chi connectivity index (χ1) is 9.63. The molecule has 0 aliphatic carbocycles. The first-order valence-corrected chi connectivity index (χ1v) is 7.41. The van der Waals surface area contributed by atoms with Crippen molar-refractivity contribution >= 4 is 17.7 Å². The van der Waals surface area contributed by atoms with E-state index in [0.717, 1.165) is 12.2 Å². The van der Waals surface area contributed by atoms with Crippen molar-refractivity contribution in [3.63, 3.8) is 0 Å². The van der Waals surface area contributed by atoms with Gasteiger partial charge in [-0.25, -0.2) is 0 Å². The van der Waals surface area contributed by atoms with Gasteiger partial charge in [-0.1, -0.05) is 6.08 Å². The molecule has 0 saturated carbocycles. The van der Waals surface area contributed by atoms with Crippen molar-refractivity contribution in [2.24, 2.45) is 0 Å². The number of hydrogen-bond acceptors (Lipinski definition) is 5. The number of nitrogens with zero attached hydrogens (tertiary/aromatic N) is 1. The molecule has 5 nitrogen and oxygen atoms in total. The Labute approximate surface area is 123 Å². The molecule has 0 bridgehead atoms. The highest BCUT2D eigenvalue weighted by Gasteiger charge is 2.29. The minimum Gasteiger partial charge on any atom is -0.393 e. The zero-order valence-corrected chi connectivity index (χ0v) is 12.8. The van der Waals surface area contributed by atoms with Crippen LogP contribution in [-0.4, -0.2) is 36.8 Å². The minimum atomic E-state index is -0.0787.